The van der Waals surface area contributed by atoms with Crippen LogP contribution < -0.4 is 21.3 Å². The molecule has 0 unspecified atom stereocenters. The Labute approximate surface area is 377 Å². The minimum atomic E-state index is -1.98. The maximum absolute atomic E-state index is 13.0. The summed E-state index contributed by atoms with van der Waals surface area (Å²) in [5.74, 6) is -2.93. The van der Waals surface area contributed by atoms with Crippen LogP contribution in [0.5, 0.6) is 0 Å². The van der Waals surface area contributed by atoms with Crippen molar-refractivity contribution < 1.29 is 118 Å². The molecule has 0 spiro atoms. The summed E-state index contributed by atoms with van der Waals surface area (Å²) < 4.78 is 54.1. The summed E-state index contributed by atoms with van der Waals surface area (Å²) in [6.07, 6.45) is -35.2. The lowest BCUT2D eigenvalue weighted by Crippen LogP contribution is -2.72. The van der Waals surface area contributed by atoms with Gasteiger partial charge in [-0.2, -0.15) is 0 Å². The van der Waals surface area contributed by atoms with Gasteiger partial charge in [-0.25, -0.2) is 0 Å². The molecule has 5 rings (SSSR count). The first-order valence-electron chi connectivity index (χ1n) is 21.3. The van der Waals surface area contributed by atoms with Crippen molar-refractivity contribution in [3.63, 3.8) is 0 Å². The summed E-state index contributed by atoms with van der Waals surface area (Å²) >= 11 is 0. The fraction of sp³-hybridized carbons (Fsp3) is 0.895. The van der Waals surface area contributed by atoms with Gasteiger partial charge in [0.05, 0.1) is 32.0 Å². The van der Waals surface area contributed by atoms with Gasteiger partial charge in [-0.15, -0.1) is 0 Å². The van der Waals surface area contributed by atoms with E-state index in [0.717, 1.165) is 27.7 Å². The predicted octanol–water partition coefficient (Wildman–Crippen LogP) is -9.29. The van der Waals surface area contributed by atoms with Crippen molar-refractivity contribution in [1.29, 1.82) is 0 Å². The third-order valence-corrected chi connectivity index (χ3v) is 11.8. The lowest BCUT2D eigenvalue weighted by atomic mass is 9.93. The zero-order chi connectivity index (χ0) is 49.1. The second-order valence-corrected chi connectivity index (χ2v) is 16.9. The molecule has 5 fully saturated rings. The highest BCUT2D eigenvalue weighted by Gasteiger charge is 2.57. The van der Waals surface area contributed by atoms with Crippen molar-refractivity contribution in [1.82, 2.24) is 21.3 Å². The molecule has 0 bridgehead atoms. The van der Waals surface area contributed by atoms with Gasteiger partial charge in [-0.1, -0.05) is 0 Å². The number of carbonyl (C=O) groups excluding carboxylic acids is 4. The van der Waals surface area contributed by atoms with Gasteiger partial charge in [0.15, 0.2) is 31.5 Å². The van der Waals surface area contributed by atoms with Crippen LogP contribution in [-0.2, 0) is 61.8 Å². The quantitative estimate of drug-likeness (QED) is 0.0725. The monoisotopic (exact) mass is 960 g/mol. The number of hydrogen-bond acceptors (Lipinski definition) is 24. The molecule has 5 saturated heterocycles. The molecule has 0 saturated carbocycles. The Morgan fingerprint density at radius 3 is 1.30 bits per heavy atom. The highest BCUT2D eigenvalue weighted by atomic mass is 16.8. The first-order valence-corrected chi connectivity index (χ1v) is 21.3. The Morgan fingerprint density at radius 2 is 0.833 bits per heavy atom. The molecule has 0 aromatic heterocycles. The van der Waals surface area contributed by atoms with Crippen LogP contribution in [0.4, 0.5) is 0 Å². The van der Waals surface area contributed by atoms with Crippen LogP contribution in [0.2, 0.25) is 0 Å². The number of aliphatic hydroxyl groups excluding tert-OH is 11. The van der Waals surface area contributed by atoms with Crippen LogP contribution in [0.25, 0.3) is 0 Å². The highest BCUT2D eigenvalue weighted by molar-refractivity contribution is 5.74. The van der Waals surface area contributed by atoms with Crippen molar-refractivity contribution >= 4 is 23.6 Å². The zero-order valence-corrected chi connectivity index (χ0v) is 36.8. The fourth-order valence-corrected chi connectivity index (χ4v) is 8.43. The van der Waals surface area contributed by atoms with Crippen LogP contribution in [0, 0.1) is 0 Å². The van der Waals surface area contributed by atoms with E-state index in [0.29, 0.717) is 0 Å². The number of carbonyl (C=O) groups is 4. The van der Waals surface area contributed by atoms with E-state index >= 15 is 0 Å². The van der Waals surface area contributed by atoms with Gasteiger partial charge in [0.25, 0.3) is 0 Å². The summed E-state index contributed by atoms with van der Waals surface area (Å²) in [4.78, 5) is 50.4. The highest BCUT2D eigenvalue weighted by Crippen LogP contribution is 2.36. The molecule has 380 valence electrons. The number of aliphatic hydroxyl groups is 11. The first-order chi connectivity index (χ1) is 31.0. The van der Waals surface area contributed by atoms with Crippen molar-refractivity contribution in [3.8, 4) is 0 Å². The van der Waals surface area contributed by atoms with Crippen molar-refractivity contribution in [2.45, 2.75) is 195 Å². The molecule has 25 atom stereocenters. The maximum atomic E-state index is 13.0. The number of ether oxygens (including phenoxy) is 9. The van der Waals surface area contributed by atoms with E-state index in [9.17, 15) is 75.3 Å². The number of nitrogens with one attached hydrogen (secondary N) is 4. The summed E-state index contributed by atoms with van der Waals surface area (Å²) in [6, 6.07) is -6.25. The average Bonchev–Trinajstić information content (AvgIpc) is 3.24. The molecule has 28 nitrogen and oxygen atoms in total. The summed E-state index contributed by atoms with van der Waals surface area (Å²) in [5.41, 5.74) is 0. The van der Waals surface area contributed by atoms with Gasteiger partial charge in [-0.3, -0.25) is 19.2 Å². The minimum Gasteiger partial charge on any atom is -0.394 e. The van der Waals surface area contributed by atoms with E-state index in [4.69, 9.17) is 42.6 Å². The smallest absolute Gasteiger partial charge is 0.217 e. The zero-order valence-electron chi connectivity index (χ0n) is 36.8. The molecule has 0 aromatic rings. The van der Waals surface area contributed by atoms with E-state index in [2.05, 4.69) is 21.3 Å². The average molecular weight is 961 g/mol. The Bertz CT molecular complexity index is 1640. The summed E-state index contributed by atoms with van der Waals surface area (Å²) in [5, 5.41) is 127. The predicted molar refractivity (Wildman–Crippen MR) is 210 cm³/mol. The van der Waals surface area contributed by atoms with Crippen LogP contribution in [0.3, 0.4) is 0 Å². The maximum Gasteiger partial charge on any atom is 0.217 e. The largest absolute Gasteiger partial charge is 0.394 e. The van der Waals surface area contributed by atoms with Crippen LogP contribution in [-0.4, -0.2) is 253 Å². The van der Waals surface area contributed by atoms with Gasteiger partial charge in [-0.05, 0) is 13.8 Å². The molecule has 0 radical (unpaired) electrons. The number of hydrogen-bond donors (Lipinski definition) is 15. The third kappa shape index (κ3) is 12.3. The van der Waals surface area contributed by atoms with Gasteiger partial charge in [0, 0.05) is 27.7 Å². The van der Waals surface area contributed by atoms with Gasteiger partial charge < -0.3 is 120 Å². The second-order valence-electron chi connectivity index (χ2n) is 16.9. The van der Waals surface area contributed by atoms with Crippen LogP contribution >= 0.6 is 0 Å². The van der Waals surface area contributed by atoms with E-state index in [1.807, 2.05) is 0 Å². The molecule has 66 heavy (non-hydrogen) atoms. The number of amides is 4. The van der Waals surface area contributed by atoms with Gasteiger partial charge in [0.1, 0.15) is 110 Å². The molecular weight excluding hydrogens is 896 g/mol. The topological polar surface area (TPSA) is 422 Å². The van der Waals surface area contributed by atoms with E-state index in [-0.39, 0.29) is 0 Å². The molecule has 5 aliphatic heterocycles. The first kappa shape index (κ1) is 54.0. The Hall–Kier alpha value is -2.92. The van der Waals surface area contributed by atoms with Crippen molar-refractivity contribution in [2.75, 3.05) is 19.8 Å². The Morgan fingerprint density at radius 1 is 0.424 bits per heavy atom. The Balaban J connectivity index is 1.57. The Kier molecular flexibility index (Phi) is 18.9. The number of rotatable bonds is 15. The molecule has 5 heterocycles. The normalized spacial score (nSPS) is 46.5. The van der Waals surface area contributed by atoms with Crippen molar-refractivity contribution in [2.24, 2.45) is 0 Å². The third-order valence-electron chi connectivity index (χ3n) is 11.8. The summed E-state index contributed by atoms with van der Waals surface area (Å²) in [7, 11) is 0. The molecule has 0 aromatic carbocycles. The minimum absolute atomic E-state index is 0.677. The van der Waals surface area contributed by atoms with Crippen molar-refractivity contribution in [3.05, 3.63) is 0 Å². The summed E-state index contributed by atoms with van der Waals surface area (Å²) in [6.45, 7) is 4.50. The standard InChI is InChI=1S/C38H64N4O24/c1-10-23(49)27(53)19(39-12(3)45)36(59-10)65-32-21(41-14(5)47)38(62-16(7-43)26(32)52)64-31-17(8-44)63-35(58-9-18-25(51)29(55)30(56)34(57)61-18)22(42-15(6)48)33(31)66-37-20(40-13(4)46)28(54)24(50)11(2)60-37/h10-11,16-38,43-44,49-57H,7-9H2,1-6H3,(H,39,45)(H,40,46)(H,41,47)(H,42,48)/t10-,11-,16+,17+,18+,19-,20-,21+,22+,23-,24-,25+,26+,27-,28-,29-,30+,31-,32+,33+,34-,35-,36-,37-,38-/m0/s1. The lowest BCUT2D eigenvalue weighted by Gasteiger charge is -2.52. The molecule has 5 aliphatic rings. The molecule has 4 amide bonds. The second kappa shape index (κ2) is 23.1. The molecule has 15 N–H and O–H groups in total. The van der Waals surface area contributed by atoms with Crippen LogP contribution in [0.1, 0.15) is 41.5 Å². The van der Waals surface area contributed by atoms with Gasteiger partial charge in [0.2, 0.25) is 23.6 Å². The molecule has 0 aliphatic carbocycles. The SMILES string of the molecule is CC(=O)N[C@@H]1[C@H](O[C@@H]2[C@@H](NC(C)=O)[C@@H](OC[C@H]3O[C@H](O)[C@H](O)[C@@H](O)[C@@H]3O)O[C@H](CO)[C@@H]2O[C@@H]2O[C@H](CO)[C@@H](O)[C@H](O[C@@H]3O[C@@H](C)[C@H](O)[C@@H](O)[C@@H]3NC(C)=O)[C@H]2NC(C)=O)O[C@@H](C)[C@H](O)[C@H]1O. The van der Waals surface area contributed by atoms with E-state index in [1.165, 1.54) is 13.8 Å². The molecular formula is C38H64N4O24. The van der Waals surface area contributed by atoms with E-state index < -0.39 is 197 Å². The fourth-order valence-electron chi connectivity index (χ4n) is 8.43. The molecule has 28 heteroatoms. The lowest BCUT2D eigenvalue weighted by molar-refractivity contribution is -0.368. The van der Waals surface area contributed by atoms with E-state index in [1.54, 1.807) is 0 Å². The van der Waals surface area contributed by atoms with Gasteiger partial charge >= 0.3 is 0 Å². The van der Waals surface area contributed by atoms with Crippen LogP contribution in [0.15, 0.2) is 0 Å².